The highest BCUT2D eigenvalue weighted by molar-refractivity contribution is 6.30. The summed E-state index contributed by atoms with van der Waals surface area (Å²) in [5, 5.41) is 3.21. The van der Waals surface area contributed by atoms with Gasteiger partial charge in [0, 0.05) is 55.1 Å². The zero-order valence-electron chi connectivity index (χ0n) is 22.3. The van der Waals surface area contributed by atoms with E-state index < -0.39 is 30.6 Å². The number of hydrogen-bond donors (Lipinski definition) is 1. The normalized spacial score (nSPS) is 24.7. The average molecular weight is 583 g/mol. The summed E-state index contributed by atoms with van der Waals surface area (Å²) in [6.45, 7) is 1.31. The van der Waals surface area contributed by atoms with E-state index in [1.54, 1.807) is 21.7 Å². The first kappa shape index (κ1) is 28.9. The van der Waals surface area contributed by atoms with Gasteiger partial charge in [0.05, 0.1) is 12.6 Å². The van der Waals surface area contributed by atoms with Crippen molar-refractivity contribution in [2.24, 2.45) is 11.3 Å². The minimum Gasteiger partial charge on any atom is -0.324 e. The highest BCUT2D eigenvalue weighted by Gasteiger charge is 2.48. The van der Waals surface area contributed by atoms with E-state index in [0.29, 0.717) is 37.5 Å². The fourth-order valence-corrected chi connectivity index (χ4v) is 7.20. The zero-order valence-corrected chi connectivity index (χ0v) is 23.1. The molecule has 1 aromatic heterocycles. The molecule has 1 aliphatic carbocycles. The van der Waals surface area contributed by atoms with E-state index in [4.69, 9.17) is 11.6 Å². The van der Waals surface area contributed by atoms with Gasteiger partial charge in [-0.25, -0.2) is 22.4 Å². The monoisotopic (exact) mass is 582 g/mol. The number of nitrogens with zero attached hydrogens (tertiary/aromatic N) is 3. The molecule has 1 saturated carbocycles. The Kier molecular flexibility index (Phi) is 8.75. The average Bonchev–Trinajstić information content (AvgIpc) is 3.39. The second-order valence-electron chi connectivity index (χ2n) is 11.5. The second kappa shape index (κ2) is 12.1. The number of amides is 2. The smallest absolute Gasteiger partial charge is 0.320 e. The number of nitrogens with one attached hydrogen (secondary N) is 1. The molecule has 5 rings (SSSR count). The standard InChI is InChI=1S/C29H35ClF4N4O2/c30-20-6-11-36(27(39)13-20)17-19-5-10-37(18-29(19)8-1-2-9-29)28(40)38-12-7-22(35-16-26(33)34)15-25(38)23-14-21(31)3-4-24(23)32/h3-4,6,11,13-14,19,22,25-26,35H,1-2,5,7-10,12,15-18H2/t19-,22+,25-/m0/s1. The van der Waals surface area contributed by atoms with Crippen LogP contribution in [0.5, 0.6) is 0 Å². The van der Waals surface area contributed by atoms with Crippen molar-refractivity contribution in [3.8, 4) is 0 Å². The van der Waals surface area contributed by atoms with E-state index in [0.717, 1.165) is 43.9 Å². The molecule has 3 atom stereocenters. The van der Waals surface area contributed by atoms with Crippen molar-refractivity contribution >= 4 is 17.6 Å². The molecule has 0 radical (unpaired) electrons. The number of piperidine rings is 2. The molecule has 1 spiro atoms. The minimum absolute atomic E-state index is 0.0597. The minimum atomic E-state index is -2.53. The van der Waals surface area contributed by atoms with E-state index in [9.17, 15) is 27.2 Å². The summed E-state index contributed by atoms with van der Waals surface area (Å²) < 4.78 is 56.5. The number of hydrogen-bond acceptors (Lipinski definition) is 3. The van der Waals surface area contributed by atoms with Crippen molar-refractivity contribution in [3.05, 3.63) is 69.1 Å². The maximum atomic E-state index is 14.9. The summed E-state index contributed by atoms with van der Waals surface area (Å²) >= 11 is 5.98. The van der Waals surface area contributed by atoms with Gasteiger partial charge in [0.2, 0.25) is 0 Å². The van der Waals surface area contributed by atoms with Gasteiger partial charge < -0.3 is 19.7 Å². The van der Waals surface area contributed by atoms with Crippen LogP contribution >= 0.6 is 11.6 Å². The Morgan fingerprint density at radius 3 is 2.60 bits per heavy atom. The van der Waals surface area contributed by atoms with Crippen molar-refractivity contribution in [3.63, 3.8) is 0 Å². The first-order chi connectivity index (χ1) is 19.1. The lowest BCUT2D eigenvalue weighted by molar-refractivity contribution is 0.0200. The van der Waals surface area contributed by atoms with Gasteiger partial charge in [-0.15, -0.1) is 0 Å². The molecule has 218 valence electrons. The van der Waals surface area contributed by atoms with Gasteiger partial charge in [-0.3, -0.25) is 4.79 Å². The maximum absolute atomic E-state index is 14.9. The number of rotatable bonds is 6. The Bertz CT molecular complexity index is 1270. The van der Waals surface area contributed by atoms with Gasteiger partial charge in [-0.05, 0) is 67.7 Å². The Hall–Kier alpha value is -2.59. The zero-order chi connectivity index (χ0) is 28.4. The summed E-state index contributed by atoms with van der Waals surface area (Å²) in [6.07, 6.45) is 4.54. The van der Waals surface area contributed by atoms with E-state index in [-0.39, 0.29) is 47.5 Å². The van der Waals surface area contributed by atoms with Crippen LogP contribution in [0, 0.1) is 23.0 Å². The molecule has 1 N–H and O–H groups in total. The molecule has 0 bridgehead atoms. The van der Waals surface area contributed by atoms with Crippen LogP contribution in [0.3, 0.4) is 0 Å². The third-order valence-corrected chi connectivity index (χ3v) is 9.33. The fraction of sp³-hybridized carbons (Fsp3) is 0.586. The highest BCUT2D eigenvalue weighted by atomic mass is 35.5. The maximum Gasteiger partial charge on any atom is 0.320 e. The molecule has 11 heteroatoms. The molecule has 2 saturated heterocycles. The van der Waals surface area contributed by atoms with Crippen LogP contribution in [-0.2, 0) is 6.54 Å². The topological polar surface area (TPSA) is 57.6 Å². The molecule has 2 aromatic rings. The Morgan fingerprint density at radius 1 is 1.10 bits per heavy atom. The molecular formula is C29H35ClF4N4O2. The number of aromatic nitrogens is 1. The lowest BCUT2D eigenvalue weighted by Gasteiger charge is -2.49. The van der Waals surface area contributed by atoms with Gasteiger partial charge in [0.25, 0.3) is 12.0 Å². The Labute approximate surface area is 236 Å². The molecule has 6 nitrogen and oxygen atoms in total. The molecular weight excluding hydrogens is 548 g/mol. The summed E-state index contributed by atoms with van der Waals surface area (Å²) in [5.74, 6) is -1.04. The van der Waals surface area contributed by atoms with Crippen LogP contribution in [0.2, 0.25) is 5.02 Å². The molecule has 2 amide bonds. The third kappa shape index (κ3) is 6.17. The third-order valence-electron chi connectivity index (χ3n) is 9.09. The fourth-order valence-electron chi connectivity index (χ4n) is 7.05. The largest absolute Gasteiger partial charge is 0.324 e. The van der Waals surface area contributed by atoms with E-state index in [1.165, 1.54) is 6.07 Å². The van der Waals surface area contributed by atoms with Crippen LogP contribution < -0.4 is 10.9 Å². The lowest BCUT2D eigenvalue weighted by atomic mass is 9.69. The first-order valence-electron chi connectivity index (χ1n) is 14.0. The van der Waals surface area contributed by atoms with Crippen molar-refractivity contribution in [2.75, 3.05) is 26.2 Å². The number of carbonyl (C=O) groups excluding carboxylic acids is 1. The van der Waals surface area contributed by atoms with Gasteiger partial charge >= 0.3 is 6.03 Å². The second-order valence-corrected chi connectivity index (χ2v) is 11.9. The van der Waals surface area contributed by atoms with Crippen LogP contribution in [0.4, 0.5) is 22.4 Å². The molecule has 3 fully saturated rings. The first-order valence-corrected chi connectivity index (χ1v) is 14.4. The molecule has 2 aliphatic heterocycles. The summed E-state index contributed by atoms with van der Waals surface area (Å²) in [7, 11) is 0. The number of halogens is 5. The van der Waals surface area contributed by atoms with Crippen LogP contribution in [0.15, 0.2) is 41.3 Å². The van der Waals surface area contributed by atoms with Gasteiger partial charge in [0.1, 0.15) is 11.6 Å². The Morgan fingerprint density at radius 2 is 1.88 bits per heavy atom. The molecule has 40 heavy (non-hydrogen) atoms. The van der Waals surface area contributed by atoms with Crippen molar-refractivity contribution < 1.29 is 22.4 Å². The molecule has 0 unspecified atom stereocenters. The SMILES string of the molecule is O=C(N1CC[C@@H](Cn2ccc(Cl)cc2=O)C2(CCCC2)C1)N1CC[C@@H](NCC(F)F)C[C@H]1c1cc(F)ccc1F. The quantitative estimate of drug-likeness (QED) is 0.435. The van der Waals surface area contributed by atoms with Crippen molar-refractivity contribution in [1.29, 1.82) is 0 Å². The summed E-state index contributed by atoms with van der Waals surface area (Å²) in [5.41, 5.74) is -0.226. The lowest BCUT2D eigenvalue weighted by Crippen LogP contribution is -2.57. The Balaban J connectivity index is 1.36. The van der Waals surface area contributed by atoms with Gasteiger partial charge in [0.15, 0.2) is 0 Å². The molecule has 1 aromatic carbocycles. The van der Waals surface area contributed by atoms with Crippen LogP contribution in [-0.4, -0.2) is 59.0 Å². The van der Waals surface area contributed by atoms with Crippen molar-refractivity contribution in [2.45, 2.75) is 70.0 Å². The highest BCUT2D eigenvalue weighted by Crippen LogP contribution is 2.49. The van der Waals surface area contributed by atoms with E-state index in [2.05, 4.69) is 5.32 Å². The number of pyridine rings is 1. The van der Waals surface area contributed by atoms with Gasteiger partial charge in [-0.2, -0.15) is 0 Å². The number of alkyl halides is 2. The number of benzene rings is 1. The van der Waals surface area contributed by atoms with Crippen molar-refractivity contribution in [1.82, 2.24) is 19.7 Å². The predicted octanol–water partition coefficient (Wildman–Crippen LogP) is 5.84. The van der Waals surface area contributed by atoms with Crippen LogP contribution in [0.25, 0.3) is 0 Å². The molecule has 3 heterocycles. The predicted molar refractivity (Wildman–Crippen MR) is 145 cm³/mol. The summed E-state index contributed by atoms with van der Waals surface area (Å²) in [4.78, 5) is 30.0. The number of carbonyl (C=O) groups is 1. The molecule has 3 aliphatic rings. The van der Waals surface area contributed by atoms with E-state index in [1.807, 2.05) is 4.90 Å². The number of urea groups is 1. The van der Waals surface area contributed by atoms with E-state index >= 15 is 0 Å². The van der Waals surface area contributed by atoms with Gasteiger partial charge in [-0.1, -0.05) is 24.4 Å². The van der Waals surface area contributed by atoms with Crippen LogP contribution in [0.1, 0.15) is 56.6 Å². The number of likely N-dealkylation sites (tertiary alicyclic amines) is 2. The summed E-state index contributed by atoms with van der Waals surface area (Å²) in [6, 6.07) is 4.91.